The van der Waals surface area contributed by atoms with Crippen molar-refractivity contribution < 1.29 is 33.0 Å². The molecule has 0 fully saturated rings. The predicted molar refractivity (Wildman–Crippen MR) is 237 cm³/mol. The van der Waals surface area contributed by atoms with Gasteiger partial charge in [0.2, 0.25) is 0 Å². The van der Waals surface area contributed by atoms with Crippen molar-refractivity contribution in [3.05, 3.63) is 166 Å². The fourth-order valence-corrected chi connectivity index (χ4v) is 7.44. The second-order valence-corrected chi connectivity index (χ2v) is 17.6. The first-order chi connectivity index (χ1) is 25.2. The van der Waals surface area contributed by atoms with Crippen molar-refractivity contribution in [2.45, 2.75) is 100 Å². The SMILES string of the molecule is CC(C)(C)C1=[C-]C(C)(C)c2cc3c(cc21)-c1cc2c(cc1C3)C(C)(C)C=C2C(C)(C)C.CC1=CC(C)[C-]=C1.Cl.Cl.Fc1c[c-]ccc1.Fc1c[c-]ccc1.[CH2]=[Zr]. The Morgan fingerprint density at radius 1 is 0.732 bits per heavy atom. The van der Waals surface area contributed by atoms with E-state index in [1.807, 2.05) is 6.08 Å². The van der Waals surface area contributed by atoms with Gasteiger partial charge in [-0.1, -0.05) is 106 Å². The van der Waals surface area contributed by atoms with Gasteiger partial charge < -0.3 is 0 Å². The number of hydrogen-bond donors (Lipinski definition) is 0. The molecule has 0 saturated carbocycles. The van der Waals surface area contributed by atoms with Crippen LogP contribution in [0.3, 0.4) is 0 Å². The fourth-order valence-electron chi connectivity index (χ4n) is 7.44. The van der Waals surface area contributed by atoms with E-state index in [-0.39, 0.29) is 58.1 Å². The Labute approximate surface area is 364 Å². The Bertz CT molecular complexity index is 1940. The van der Waals surface area contributed by atoms with Gasteiger partial charge in [0.1, 0.15) is 0 Å². The molecule has 4 aromatic carbocycles. The third-order valence-corrected chi connectivity index (χ3v) is 10.0. The molecule has 298 valence electrons. The van der Waals surface area contributed by atoms with Crippen LogP contribution in [0.1, 0.15) is 116 Å². The molecule has 4 aliphatic rings. The van der Waals surface area contributed by atoms with Gasteiger partial charge in [-0.25, -0.2) is 17.2 Å². The van der Waals surface area contributed by atoms with Crippen LogP contribution in [-0.4, -0.2) is 4.21 Å². The van der Waals surface area contributed by atoms with Crippen LogP contribution in [0.25, 0.3) is 22.3 Å². The predicted octanol–water partition coefficient (Wildman–Crippen LogP) is 14.5. The molecule has 0 bridgehead atoms. The number of benzene rings is 4. The van der Waals surface area contributed by atoms with Gasteiger partial charge in [0.15, 0.2) is 0 Å². The van der Waals surface area contributed by atoms with Crippen LogP contribution < -0.4 is 0 Å². The minimum atomic E-state index is -0.234. The summed E-state index contributed by atoms with van der Waals surface area (Å²) in [6.45, 7) is 27.6. The van der Waals surface area contributed by atoms with E-state index in [0.29, 0.717) is 5.92 Å². The van der Waals surface area contributed by atoms with Gasteiger partial charge in [-0.15, -0.1) is 67.6 Å². The standard InChI is InChI=1S/C31H37.C7H9.2C6H4F.CH2.2ClH.Zr/c1-28(2,3)26-16-30(7,8)24-12-18-11-19-13-25-23(15-21(19)20(18)14-22(24)26)27(29(4,5)6)17-31(25,9)10;1-6-3-4-7(2)5-6;2*7-6-4-2-1-3-5-6;;;;/h12-16H,11H2,1-10H3;3,5,7H,1-2H3;2*1-2,4-5H;1H2;2*1H;/q4*-1;;;;. The molecule has 0 aromatic heterocycles. The summed E-state index contributed by atoms with van der Waals surface area (Å²) in [6.07, 6.45) is 14.8. The van der Waals surface area contributed by atoms with Gasteiger partial charge in [-0.2, -0.15) is 48.0 Å². The minimum absolute atomic E-state index is 0. The van der Waals surface area contributed by atoms with Gasteiger partial charge >= 0.3 is 28.4 Å². The van der Waals surface area contributed by atoms with Gasteiger partial charge in [0, 0.05) is 17.0 Å². The molecule has 0 aliphatic heterocycles. The Kier molecular flexibility index (Phi) is 17.3. The quantitative estimate of drug-likeness (QED) is 0.136. The first kappa shape index (κ1) is 49.2. The number of hydrogen-bond acceptors (Lipinski definition) is 0. The summed E-state index contributed by atoms with van der Waals surface area (Å²) in [4.78, 5) is 0. The summed E-state index contributed by atoms with van der Waals surface area (Å²) in [5.74, 6) is 0.0880. The molecule has 4 aromatic rings. The Morgan fingerprint density at radius 3 is 1.59 bits per heavy atom. The number of allylic oxidation sites excluding steroid dienone is 8. The van der Waals surface area contributed by atoms with Crippen molar-refractivity contribution >= 4 is 40.2 Å². The zero-order valence-electron chi connectivity index (χ0n) is 35.2. The topological polar surface area (TPSA) is 0 Å². The van der Waals surface area contributed by atoms with E-state index in [0.717, 1.165) is 6.42 Å². The molecular formula is C51H58Cl2F2Zr-4. The molecule has 8 rings (SSSR count). The van der Waals surface area contributed by atoms with E-state index < -0.39 is 0 Å². The molecular weight excluding hydrogens is 813 g/mol. The van der Waals surface area contributed by atoms with Crippen molar-refractivity contribution in [2.24, 2.45) is 16.7 Å². The molecule has 5 heteroatoms. The van der Waals surface area contributed by atoms with Crippen LogP contribution in [-0.2, 0) is 41.5 Å². The van der Waals surface area contributed by atoms with E-state index in [1.54, 1.807) is 24.3 Å². The summed E-state index contributed by atoms with van der Waals surface area (Å²) in [5.41, 5.74) is 16.2. The monoisotopic (exact) mass is 868 g/mol. The van der Waals surface area contributed by atoms with Gasteiger partial charge in [-0.3, -0.25) is 20.9 Å². The first-order valence-corrected chi connectivity index (χ1v) is 20.5. The summed E-state index contributed by atoms with van der Waals surface area (Å²) in [7, 11) is 0. The molecule has 0 spiro atoms. The first-order valence-electron chi connectivity index (χ1n) is 18.8. The summed E-state index contributed by atoms with van der Waals surface area (Å²) in [5, 5.41) is 0. The maximum atomic E-state index is 11.9. The van der Waals surface area contributed by atoms with Gasteiger partial charge in [0.05, 0.1) is 0 Å². The molecule has 0 nitrogen and oxygen atoms in total. The molecule has 0 heterocycles. The van der Waals surface area contributed by atoms with Crippen LogP contribution in [0.2, 0.25) is 0 Å². The van der Waals surface area contributed by atoms with Crippen molar-refractivity contribution in [1.29, 1.82) is 0 Å². The average Bonchev–Trinajstić information content (AvgIpc) is 3.81. The van der Waals surface area contributed by atoms with Gasteiger partial charge in [0.25, 0.3) is 0 Å². The molecule has 0 N–H and O–H groups in total. The molecule has 0 radical (unpaired) electrons. The molecule has 4 aliphatic carbocycles. The Hall–Kier alpha value is -2.97. The Morgan fingerprint density at radius 2 is 1.23 bits per heavy atom. The van der Waals surface area contributed by atoms with Crippen molar-refractivity contribution in [3.63, 3.8) is 0 Å². The number of halogens is 4. The van der Waals surface area contributed by atoms with Crippen LogP contribution in [0.4, 0.5) is 8.78 Å². The molecule has 0 saturated heterocycles. The normalized spacial score (nSPS) is 16.9. The zero-order chi connectivity index (χ0) is 40.2. The number of rotatable bonds is 0. The van der Waals surface area contributed by atoms with Crippen LogP contribution in [0, 0.1) is 52.7 Å². The maximum absolute atomic E-state index is 11.9. The zero-order valence-corrected chi connectivity index (χ0v) is 39.3. The van der Waals surface area contributed by atoms with Crippen LogP contribution in [0.5, 0.6) is 0 Å². The van der Waals surface area contributed by atoms with E-state index in [1.165, 1.54) is 110 Å². The third kappa shape index (κ3) is 11.8. The van der Waals surface area contributed by atoms with Crippen molar-refractivity contribution in [2.75, 3.05) is 0 Å². The van der Waals surface area contributed by atoms with Crippen molar-refractivity contribution in [3.8, 4) is 11.1 Å². The molecule has 56 heavy (non-hydrogen) atoms. The third-order valence-electron chi connectivity index (χ3n) is 10.0. The van der Waals surface area contributed by atoms with E-state index in [2.05, 4.69) is 148 Å². The Balaban J connectivity index is 0.000000351. The summed E-state index contributed by atoms with van der Waals surface area (Å²) in [6, 6.07) is 27.1. The number of fused-ring (bicyclic) bond motifs is 5. The summed E-state index contributed by atoms with van der Waals surface area (Å²) < 4.78 is 27.1. The summed E-state index contributed by atoms with van der Waals surface area (Å²) >= 11 is 1.30. The van der Waals surface area contributed by atoms with Gasteiger partial charge in [-0.05, 0) is 62.3 Å². The van der Waals surface area contributed by atoms with E-state index >= 15 is 0 Å². The van der Waals surface area contributed by atoms with Crippen molar-refractivity contribution in [1.82, 2.24) is 0 Å². The molecule has 0 amide bonds. The fraction of sp³-hybridized carbons (Fsp3) is 0.353. The second-order valence-electron chi connectivity index (χ2n) is 17.6. The molecule has 1 atom stereocenters. The van der Waals surface area contributed by atoms with E-state index in [9.17, 15) is 8.78 Å². The van der Waals surface area contributed by atoms with E-state index in [4.69, 9.17) is 0 Å². The average molecular weight is 871 g/mol. The van der Waals surface area contributed by atoms with Crippen LogP contribution >= 0.6 is 24.8 Å². The molecule has 1 unspecified atom stereocenters. The second kappa shape index (κ2) is 19.7. The van der Waals surface area contributed by atoms with Crippen LogP contribution in [0.15, 0.2) is 96.6 Å².